The van der Waals surface area contributed by atoms with Crippen LogP contribution >= 0.6 is 0 Å². The minimum Gasteiger partial charge on any atom is -0.456 e. The third-order valence-electron chi connectivity index (χ3n) is 11.3. The summed E-state index contributed by atoms with van der Waals surface area (Å²) < 4.78 is 13.1. The van der Waals surface area contributed by atoms with E-state index >= 15 is 0 Å². The molecule has 2 heterocycles. The Hall–Kier alpha value is -6.06. The van der Waals surface area contributed by atoms with Crippen LogP contribution in [0, 0.1) is 0 Å². The summed E-state index contributed by atoms with van der Waals surface area (Å²) in [6, 6.07) is 54.5. The second-order valence-corrected chi connectivity index (χ2v) is 15.0. The van der Waals surface area contributed by atoms with Crippen molar-refractivity contribution in [3.05, 3.63) is 174 Å². The van der Waals surface area contributed by atoms with Gasteiger partial charge in [-0.2, -0.15) is 0 Å². The molecule has 10 rings (SSSR count). The highest BCUT2D eigenvalue weighted by Crippen LogP contribution is 2.53. The largest absolute Gasteiger partial charge is 0.456 e. The molecule has 8 aromatic rings. The van der Waals surface area contributed by atoms with Crippen LogP contribution in [0.4, 0.5) is 17.1 Å². The Morgan fingerprint density at radius 1 is 0.451 bits per heavy atom. The number of anilines is 3. The second kappa shape index (κ2) is 10.7. The van der Waals surface area contributed by atoms with Crippen LogP contribution in [0.5, 0.6) is 11.5 Å². The molecule has 0 bridgehead atoms. The third kappa shape index (κ3) is 4.37. The molecule has 0 fully saturated rings. The van der Waals surface area contributed by atoms with Crippen molar-refractivity contribution in [2.24, 2.45) is 0 Å². The van der Waals surface area contributed by atoms with Gasteiger partial charge in [0.25, 0.3) is 0 Å². The highest BCUT2D eigenvalue weighted by Gasteiger charge is 2.37. The van der Waals surface area contributed by atoms with E-state index in [0.717, 1.165) is 61.6 Å². The Morgan fingerprint density at radius 3 is 1.94 bits per heavy atom. The van der Waals surface area contributed by atoms with Crippen LogP contribution < -0.4 is 9.64 Å². The van der Waals surface area contributed by atoms with E-state index in [-0.39, 0.29) is 10.8 Å². The van der Waals surface area contributed by atoms with Crippen molar-refractivity contribution in [3.8, 4) is 33.8 Å². The Kier molecular flexibility index (Phi) is 6.27. The number of benzene rings is 7. The van der Waals surface area contributed by atoms with Gasteiger partial charge >= 0.3 is 0 Å². The van der Waals surface area contributed by atoms with E-state index in [1.54, 1.807) is 0 Å². The second-order valence-electron chi connectivity index (χ2n) is 15.0. The zero-order valence-electron chi connectivity index (χ0n) is 29.2. The van der Waals surface area contributed by atoms with Crippen LogP contribution in [0.2, 0.25) is 0 Å². The molecule has 2 aliphatic rings. The van der Waals surface area contributed by atoms with Crippen LogP contribution in [0.1, 0.15) is 49.9 Å². The van der Waals surface area contributed by atoms with Gasteiger partial charge in [0.05, 0.1) is 5.39 Å². The summed E-state index contributed by atoms with van der Waals surface area (Å²) in [5.74, 6) is 1.78. The van der Waals surface area contributed by atoms with Crippen LogP contribution in [-0.4, -0.2) is 0 Å². The normalized spacial score (nSPS) is 14.7. The predicted octanol–water partition coefficient (Wildman–Crippen LogP) is 13.5. The van der Waals surface area contributed by atoms with Crippen molar-refractivity contribution < 1.29 is 9.15 Å². The maximum atomic E-state index is 6.84. The van der Waals surface area contributed by atoms with Crippen LogP contribution in [0.15, 0.2) is 156 Å². The molecule has 0 saturated heterocycles. The van der Waals surface area contributed by atoms with Crippen LogP contribution in [0.25, 0.3) is 44.2 Å². The van der Waals surface area contributed by atoms with E-state index in [4.69, 9.17) is 9.15 Å². The summed E-state index contributed by atoms with van der Waals surface area (Å²) in [5.41, 5.74) is 14.8. The van der Waals surface area contributed by atoms with Gasteiger partial charge in [-0.15, -0.1) is 0 Å². The quantitative estimate of drug-likeness (QED) is 0.188. The SMILES string of the molecule is CC1(C)c2ccccc2-c2ccc(N(c3ccccc3)c3ccc(-c4ccc5c(c4)Oc4c(ccc6oc7ccccc7c46)C5(C)C)cc3)cc21. The highest BCUT2D eigenvalue weighted by atomic mass is 16.5. The molecule has 51 heavy (non-hydrogen) atoms. The molecule has 3 nitrogen and oxygen atoms in total. The smallest absolute Gasteiger partial charge is 0.143 e. The van der Waals surface area contributed by atoms with Crippen LogP contribution in [-0.2, 0) is 10.8 Å². The number of hydrogen-bond acceptors (Lipinski definition) is 3. The maximum Gasteiger partial charge on any atom is 0.143 e. The van der Waals surface area contributed by atoms with Crippen molar-refractivity contribution in [1.29, 1.82) is 0 Å². The fraction of sp³-hybridized carbons (Fsp3) is 0.125. The van der Waals surface area contributed by atoms with E-state index in [1.165, 1.54) is 33.4 Å². The lowest BCUT2D eigenvalue weighted by atomic mass is 9.75. The Morgan fingerprint density at radius 2 is 1.10 bits per heavy atom. The Labute approximate surface area is 298 Å². The molecule has 1 aromatic heterocycles. The molecule has 1 aliphatic carbocycles. The monoisotopic (exact) mass is 659 g/mol. The van der Waals surface area contributed by atoms with Gasteiger partial charge in [-0.05, 0) is 88.0 Å². The van der Waals surface area contributed by atoms with Gasteiger partial charge in [0, 0.05) is 44.4 Å². The first kappa shape index (κ1) is 29.8. The van der Waals surface area contributed by atoms with Crippen LogP contribution in [0.3, 0.4) is 0 Å². The first-order valence-corrected chi connectivity index (χ1v) is 17.8. The standard InChI is InChI=1S/C48H37NO2/c1-47(2)38-16-10-8-14-35(38)36-24-23-34(29-41(36)47)49(32-12-6-5-7-13-32)33-21-18-30(19-22-33)31-20-25-39-44(28-31)51-46-40(48(39,3)4)26-27-43-45(46)37-15-9-11-17-42(37)50-43/h5-29H,1-4H3. The van der Waals surface area contributed by atoms with Gasteiger partial charge < -0.3 is 14.1 Å². The minimum absolute atomic E-state index is 0.0752. The maximum absolute atomic E-state index is 6.84. The number of fused-ring (bicyclic) bond motifs is 9. The van der Waals surface area contributed by atoms with E-state index in [9.17, 15) is 0 Å². The molecule has 0 spiro atoms. The highest BCUT2D eigenvalue weighted by molar-refractivity contribution is 6.09. The van der Waals surface area contributed by atoms with Gasteiger partial charge in [-0.3, -0.25) is 0 Å². The van der Waals surface area contributed by atoms with Gasteiger partial charge in [-0.1, -0.05) is 125 Å². The fourth-order valence-corrected chi connectivity index (χ4v) is 8.60. The fourth-order valence-electron chi connectivity index (χ4n) is 8.60. The Balaban J connectivity index is 1.03. The number of rotatable bonds is 4. The minimum atomic E-state index is -0.236. The average Bonchev–Trinajstić information content (AvgIpc) is 3.65. The summed E-state index contributed by atoms with van der Waals surface area (Å²) in [4.78, 5) is 2.36. The van der Waals surface area contributed by atoms with Crippen molar-refractivity contribution in [2.45, 2.75) is 38.5 Å². The number of ether oxygens (including phenoxy) is 1. The van der Waals surface area contributed by atoms with E-state index in [0.29, 0.717) is 0 Å². The summed E-state index contributed by atoms with van der Waals surface area (Å²) in [6.45, 7) is 9.25. The first-order chi connectivity index (χ1) is 24.8. The van der Waals surface area contributed by atoms with E-state index < -0.39 is 0 Å². The number of hydrogen-bond donors (Lipinski definition) is 0. The van der Waals surface area contributed by atoms with Gasteiger partial charge in [0.1, 0.15) is 22.7 Å². The zero-order valence-corrected chi connectivity index (χ0v) is 29.2. The summed E-state index contributed by atoms with van der Waals surface area (Å²) in [5, 5.41) is 2.12. The lowest BCUT2D eigenvalue weighted by Gasteiger charge is -2.35. The number of para-hydroxylation sites is 2. The lowest BCUT2D eigenvalue weighted by Crippen LogP contribution is -2.24. The van der Waals surface area contributed by atoms with Gasteiger partial charge in [-0.25, -0.2) is 0 Å². The molecule has 0 atom stereocenters. The third-order valence-corrected chi connectivity index (χ3v) is 11.3. The molecule has 0 radical (unpaired) electrons. The molecule has 246 valence electrons. The van der Waals surface area contributed by atoms with E-state index in [2.05, 4.69) is 172 Å². The average molecular weight is 660 g/mol. The lowest BCUT2D eigenvalue weighted by molar-refractivity contribution is 0.423. The summed E-state index contributed by atoms with van der Waals surface area (Å²) in [6.07, 6.45) is 0. The molecule has 0 N–H and O–H groups in total. The summed E-state index contributed by atoms with van der Waals surface area (Å²) >= 11 is 0. The van der Waals surface area contributed by atoms with Crippen molar-refractivity contribution >= 4 is 39.0 Å². The number of nitrogens with zero attached hydrogens (tertiary/aromatic N) is 1. The molecular formula is C48H37NO2. The van der Waals surface area contributed by atoms with E-state index in [1.807, 2.05) is 12.1 Å². The predicted molar refractivity (Wildman–Crippen MR) is 210 cm³/mol. The molecule has 0 amide bonds. The molecular weight excluding hydrogens is 623 g/mol. The summed E-state index contributed by atoms with van der Waals surface area (Å²) in [7, 11) is 0. The number of furan rings is 1. The molecule has 1 aliphatic heterocycles. The first-order valence-electron chi connectivity index (χ1n) is 17.8. The Bertz CT molecular complexity index is 2660. The zero-order chi connectivity index (χ0) is 34.5. The molecule has 7 aromatic carbocycles. The van der Waals surface area contributed by atoms with Crippen molar-refractivity contribution in [3.63, 3.8) is 0 Å². The van der Waals surface area contributed by atoms with Gasteiger partial charge in [0.2, 0.25) is 0 Å². The van der Waals surface area contributed by atoms with Gasteiger partial charge in [0.15, 0.2) is 0 Å². The molecule has 0 saturated carbocycles. The van der Waals surface area contributed by atoms with Crippen molar-refractivity contribution in [1.82, 2.24) is 0 Å². The topological polar surface area (TPSA) is 25.6 Å². The molecule has 0 unspecified atom stereocenters. The van der Waals surface area contributed by atoms with Crippen molar-refractivity contribution in [2.75, 3.05) is 4.90 Å². The molecule has 3 heteroatoms.